The molecule has 5 heteroatoms. The molecule has 0 amide bonds. The Labute approximate surface area is 121 Å². The van der Waals surface area contributed by atoms with Crippen molar-refractivity contribution in [2.75, 3.05) is 33.9 Å². The van der Waals surface area contributed by atoms with Crippen LogP contribution in [0.4, 0.5) is 0 Å². The Bertz CT molecular complexity index is 440. The van der Waals surface area contributed by atoms with Gasteiger partial charge in [-0.2, -0.15) is 0 Å². The lowest BCUT2D eigenvalue weighted by molar-refractivity contribution is -0.00461. The molecular formula is C14H18BrNO3. The molecule has 19 heavy (non-hydrogen) atoms. The van der Waals surface area contributed by atoms with E-state index in [1.807, 2.05) is 24.3 Å². The number of methoxy groups -OCH3 is 2. The molecule has 0 radical (unpaired) electrons. The minimum atomic E-state index is 0.0420. The summed E-state index contributed by atoms with van der Waals surface area (Å²) >= 11 is 3.38. The van der Waals surface area contributed by atoms with Crippen LogP contribution in [-0.4, -0.2) is 56.7 Å². The van der Waals surface area contributed by atoms with E-state index in [9.17, 15) is 4.79 Å². The van der Waals surface area contributed by atoms with E-state index in [1.54, 1.807) is 14.2 Å². The van der Waals surface area contributed by atoms with Gasteiger partial charge in [-0.05, 0) is 12.1 Å². The van der Waals surface area contributed by atoms with E-state index in [2.05, 4.69) is 20.8 Å². The van der Waals surface area contributed by atoms with Gasteiger partial charge in [0.1, 0.15) is 0 Å². The van der Waals surface area contributed by atoms with Crippen LogP contribution >= 0.6 is 15.9 Å². The number of rotatable bonds is 5. The number of ketones is 1. The summed E-state index contributed by atoms with van der Waals surface area (Å²) < 4.78 is 11.7. The first-order chi connectivity index (χ1) is 9.13. The van der Waals surface area contributed by atoms with Crippen molar-refractivity contribution in [1.29, 1.82) is 0 Å². The van der Waals surface area contributed by atoms with Crippen LogP contribution in [0.5, 0.6) is 0 Å². The number of carbonyl (C=O) groups is 1. The molecule has 1 saturated heterocycles. The first-order valence-electron chi connectivity index (χ1n) is 6.20. The topological polar surface area (TPSA) is 38.8 Å². The van der Waals surface area contributed by atoms with E-state index in [0.29, 0.717) is 6.54 Å². The average Bonchev–Trinajstić information content (AvgIpc) is 2.80. The highest BCUT2D eigenvalue weighted by Gasteiger charge is 2.33. The third kappa shape index (κ3) is 3.63. The van der Waals surface area contributed by atoms with Crippen molar-refractivity contribution in [3.63, 3.8) is 0 Å². The van der Waals surface area contributed by atoms with Gasteiger partial charge in [0.25, 0.3) is 0 Å². The quantitative estimate of drug-likeness (QED) is 0.775. The van der Waals surface area contributed by atoms with Crippen molar-refractivity contribution in [2.24, 2.45) is 0 Å². The smallest absolute Gasteiger partial charge is 0.176 e. The first-order valence-corrected chi connectivity index (χ1v) is 7.00. The molecule has 1 heterocycles. The highest BCUT2D eigenvalue weighted by Crippen LogP contribution is 2.17. The maximum absolute atomic E-state index is 12.2. The first kappa shape index (κ1) is 14.7. The van der Waals surface area contributed by atoms with Crippen molar-refractivity contribution >= 4 is 21.7 Å². The van der Waals surface area contributed by atoms with Crippen LogP contribution < -0.4 is 0 Å². The zero-order valence-electron chi connectivity index (χ0n) is 11.1. The Balaban J connectivity index is 1.97. The zero-order valence-corrected chi connectivity index (χ0v) is 12.7. The molecule has 0 aromatic heterocycles. The monoisotopic (exact) mass is 327 g/mol. The fraction of sp³-hybridized carbons (Fsp3) is 0.500. The van der Waals surface area contributed by atoms with E-state index in [-0.39, 0.29) is 18.0 Å². The molecule has 1 aromatic rings. The van der Waals surface area contributed by atoms with Gasteiger partial charge >= 0.3 is 0 Å². The molecule has 1 aromatic carbocycles. The van der Waals surface area contributed by atoms with Crippen molar-refractivity contribution in [3.05, 3.63) is 34.3 Å². The normalized spacial score (nSPS) is 23.7. The third-order valence-electron chi connectivity index (χ3n) is 3.41. The molecule has 1 aliphatic heterocycles. The maximum Gasteiger partial charge on any atom is 0.176 e. The molecule has 0 spiro atoms. The van der Waals surface area contributed by atoms with E-state index in [0.717, 1.165) is 23.1 Å². The molecule has 104 valence electrons. The van der Waals surface area contributed by atoms with Crippen LogP contribution in [0.3, 0.4) is 0 Å². The number of halogens is 1. The van der Waals surface area contributed by atoms with Gasteiger partial charge in [0.2, 0.25) is 0 Å². The van der Waals surface area contributed by atoms with E-state index in [1.165, 1.54) is 0 Å². The van der Waals surface area contributed by atoms with Crippen molar-refractivity contribution in [1.82, 2.24) is 4.90 Å². The van der Waals surface area contributed by atoms with Crippen LogP contribution in [0, 0.1) is 0 Å². The van der Waals surface area contributed by atoms with Gasteiger partial charge < -0.3 is 9.47 Å². The molecule has 0 saturated carbocycles. The standard InChI is InChI=1S/C14H18BrNO3/c1-18-13-8-16(9-14(13)19-2)7-12(17)10-4-3-5-11(15)6-10/h3-6,13-14H,7-9H2,1-2H3. The van der Waals surface area contributed by atoms with Gasteiger partial charge in [0.05, 0.1) is 18.8 Å². The SMILES string of the molecule is COC1CN(CC(=O)c2cccc(Br)c2)CC1OC. The highest BCUT2D eigenvalue weighted by atomic mass is 79.9. The number of benzene rings is 1. The van der Waals surface area contributed by atoms with Gasteiger partial charge in [-0.3, -0.25) is 9.69 Å². The summed E-state index contributed by atoms with van der Waals surface area (Å²) in [4.78, 5) is 14.3. The lowest BCUT2D eigenvalue weighted by Gasteiger charge is -2.14. The molecule has 1 fully saturated rings. The maximum atomic E-state index is 12.2. The second-order valence-electron chi connectivity index (χ2n) is 4.68. The van der Waals surface area contributed by atoms with Crippen LogP contribution in [0.15, 0.2) is 28.7 Å². The van der Waals surface area contributed by atoms with Gasteiger partial charge in [-0.1, -0.05) is 28.1 Å². The van der Waals surface area contributed by atoms with Gasteiger partial charge in [0.15, 0.2) is 5.78 Å². The highest BCUT2D eigenvalue weighted by molar-refractivity contribution is 9.10. The molecule has 0 N–H and O–H groups in total. The lowest BCUT2D eigenvalue weighted by atomic mass is 10.1. The Morgan fingerprint density at radius 1 is 1.32 bits per heavy atom. The number of hydrogen-bond donors (Lipinski definition) is 0. The van der Waals surface area contributed by atoms with Crippen LogP contribution in [0.2, 0.25) is 0 Å². The number of ether oxygens (including phenoxy) is 2. The summed E-state index contributed by atoms with van der Waals surface area (Å²) in [5.74, 6) is 0.118. The lowest BCUT2D eigenvalue weighted by Crippen LogP contribution is -2.29. The van der Waals surface area contributed by atoms with Gasteiger partial charge in [-0.25, -0.2) is 0 Å². The van der Waals surface area contributed by atoms with Crippen molar-refractivity contribution in [3.8, 4) is 0 Å². The fourth-order valence-corrected chi connectivity index (χ4v) is 2.76. The summed E-state index contributed by atoms with van der Waals surface area (Å²) in [7, 11) is 3.35. The number of likely N-dealkylation sites (tertiary alicyclic amines) is 1. The number of carbonyl (C=O) groups excluding carboxylic acids is 1. The predicted octanol–water partition coefficient (Wildman–Crippen LogP) is 1.98. The van der Waals surface area contributed by atoms with Crippen LogP contribution in [0.1, 0.15) is 10.4 Å². The van der Waals surface area contributed by atoms with Crippen molar-refractivity contribution in [2.45, 2.75) is 12.2 Å². The molecule has 2 atom stereocenters. The molecule has 2 unspecified atom stereocenters. The summed E-state index contributed by atoms with van der Waals surface area (Å²) in [6, 6.07) is 7.47. The molecular weight excluding hydrogens is 310 g/mol. The Kier molecular flexibility index (Phi) is 5.10. The van der Waals surface area contributed by atoms with E-state index >= 15 is 0 Å². The largest absolute Gasteiger partial charge is 0.377 e. The fourth-order valence-electron chi connectivity index (χ4n) is 2.36. The summed E-state index contributed by atoms with van der Waals surface area (Å²) in [6.07, 6.45) is 0.0839. The number of Topliss-reactive ketones (excluding diaryl/α,β-unsaturated/α-hetero) is 1. The van der Waals surface area contributed by atoms with Gasteiger partial charge in [-0.15, -0.1) is 0 Å². The Morgan fingerprint density at radius 2 is 1.95 bits per heavy atom. The van der Waals surface area contributed by atoms with Crippen molar-refractivity contribution < 1.29 is 14.3 Å². The number of hydrogen-bond acceptors (Lipinski definition) is 4. The van der Waals surface area contributed by atoms with E-state index < -0.39 is 0 Å². The summed E-state index contributed by atoms with van der Waals surface area (Å²) in [5, 5.41) is 0. The molecule has 2 rings (SSSR count). The second kappa shape index (κ2) is 6.61. The predicted molar refractivity (Wildman–Crippen MR) is 76.5 cm³/mol. The van der Waals surface area contributed by atoms with Crippen LogP contribution in [0.25, 0.3) is 0 Å². The Hall–Kier alpha value is -0.750. The molecule has 0 aliphatic carbocycles. The average molecular weight is 328 g/mol. The Morgan fingerprint density at radius 3 is 2.47 bits per heavy atom. The second-order valence-corrected chi connectivity index (χ2v) is 5.59. The minimum Gasteiger partial charge on any atom is -0.377 e. The minimum absolute atomic E-state index is 0.0420. The summed E-state index contributed by atoms with van der Waals surface area (Å²) in [6.45, 7) is 1.86. The third-order valence-corrected chi connectivity index (χ3v) is 3.90. The molecule has 0 bridgehead atoms. The summed E-state index contributed by atoms with van der Waals surface area (Å²) in [5.41, 5.74) is 0.726. The molecule has 1 aliphatic rings. The number of nitrogens with zero attached hydrogens (tertiary/aromatic N) is 1. The van der Waals surface area contributed by atoms with Gasteiger partial charge in [0, 0.05) is 37.3 Å². The van der Waals surface area contributed by atoms with Crippen LogP contribution in [-0.2, 0) is 9.47 Å². The zero-order chi connectivity index (χ0) is 13.8. The molecule has 4 nitrogen and oxygen atoms in total. The van der Waals surface area contributed by atoms with E-state index in [4.69, 9.17) is 9.47 Å².